The van der Waals surface area contributed by atoms with Gasteiger partial charge >= 0.3 is 11.9 Å². The standard InChI is InChI=1S/C25H21ClF3N3O6/c1-3-10-37-22-7-4-15(12-23(22)36-2)24(33)31-30-14-16-11-18(26)6-9-20(16)38-21-8-5-17(25(27,28)29)13-19(21)32(34)35/h4-9,11-14H,3,10H2,1-2H3,(H,31,33)/b30-14+. The smallest absolute Gasteiger partial charge is 0.416 e. The van der Waals surface area contributed by atoms with Gasteiger partial charge in [0.25, 0.3) is 5.91 Å². The fourth-order valence-electron chi connectivity index (χ4n) is 3.12. The molecule has 9 nitrogen and oxygen atoms in total. The number of hydrogen-bond donors (Lipinski definition) is 1. The van der Waals surface area contributed by atoms with E-state index in [4.69, 9.17) is 25.8 Å². The molecular weight excluding hydrogens is 531 g/mol. The van der Waals surface area contributed by atoms with Crippen molar-refractivity contribution in [2.24, 2.45) is 5.10 Å². The Kier molecular flexibility index (Phi) is 9.13. The van der Waals surface area contributed by atoms with Gasteiger partial charge in [0.05, 0.1) is 30.4 Å². The number of nitro benzene ring substituents is 1. The molecule has 0 aromatic heterocycles. The molecule has 3 aromatic rings. The molecule has 3 rings (SSSR count). The van der Waals surface area contributed by atoms with Crippen LogP contribution in [0.3, 0.4) is 0 Å². The van der Waals surface area contributed by atoms with E-state index in [0.717, 1.165) is 12.5 Å². The highest BCUT2D eigenvalue weighted by Crippen LogP contribution is 2.38. The largest absolute Gasteiger partial charge is 0.493 e. The minimum Gasteiger partial charge on any atom is -0.493 e. The quantitative estimate of drug-likeness (QED) is 0.172. The lowest BCUT2D eigenvalue weighted by atomic mass is 10.1. The highest BCUT2D eigenvalue weighted by atomic mass is 35.5. The third kappa shape index (κ3) is 7.13. The van der Waals surface area contributed by atoms with Crippen molar-refractivity contribution in [3.05, 3.63) is 86.4 Å². The first-order chi connectivity index (χ1) is 18.0. The average Bonchev–Trinajstić information content (AvgIpc) is 2.88. The molecular formula is C25H21ClF3N3O6. The zero-order valence-corrected chi connectivity index (χ0v) is 20.8. The summed E-state index contributed by atoms with van der Waals surface area (Å²) in [5, 5.41) is 15.5. The van der Waals surface area contributed by atoms with Crippen LogP contribution < -0.4 is 19.6 Å². The van der Waals surface area contributed by atoms with Crippen LogP contribution in [0.5, 0.6) is 23.0 Å². The van der Waals surface area contributed by atoms with Crippen molar-refractivity contribution in [1.29, 1.82) is 0 Å². The molecule has 0 saturated heterocycles. The van der Waals surface area contributed by atoms with E-state index >= 15 is 0 Å². The lowest BCUT2D eigenvalue weighted by Crippen LogP contribution is -2.17. The summed E-state index contributed by atoms with van der Waals surface area (Å²) in [6.45, 7) is 2.43. The average molecular weight is 552 g/mol. The van der Waals surface area contributed by atoms with Crippen LogP contribution in [-0.4, -0.2) is 30.8 Å². The molecule has 0 aliphatic carbocycles. The Bertz CT molecular complexity index is 1360. The number of rotatable bonds is 10. The summed E-state index contributed by atoms with van der Waals surface area (Å²) in [5.41, 5.74) is 0.665. The molecule has 0 bridgehead atoms. The van der Waals surface area contributed by atoms with Crippen LogP contribution in [0.25, 0.3) is 0 Å². The van der Waals surface area contributed by atoms with Gasteiger partial charge in [-0.15, -0.1) is 0 Å². The lowest BCUT2D eigenvalue weighted by Gasteiger charge is -2.12. The van der Waals surface area contributed by atoms with E-state index in [9.17, 15) is 28.1 Å². The molecule has 0 aliphatic heterocycles. The van der Waals surface area contributed by atoms with Gasteiger partial charge in [-0.3, -0.25) is 14.9 Å². The minimum absolute atomic E-state index is 0.00523. The molecule has 13 heteroatoms. The number of alkyl halides is 3. The molecule has 200 valence electrons. The van der Waals surface area contributed by atoms with Gasteiger partial charge in [-0.1, -0.05) is 18.5 Å². The number of nitro groups is 1. The monoisotopic (exact) mass is 551 g/mol. The van der Waals surface area contributed by atoms with E-state index in [1.165, 1.54) is 43.7 Å². The Labute approximate surface area is 219 Å². The summed E-state index contributed by atoms with van der Waals surface area (Å²) in [4.78, 5) is 23.0. The summed E-state index contributed by atoms with van der Waals surface area (Å²) < 4.78 is 55.3. The fraction of sp³-hybridized carbons (Fsp3) is 0.200. The number of hydrazone groups is 1. The van der Waals surface area contributed by atoms with Crippen molar-refractivity contribution in [3.63, 3.8) is 0 Å². The number of carbonyl (C=O) groups excluding carboxylic acids is 1. The highest BCUT2D eigenvalue weighted by Gasteiger charge is 2.33. The summed E-state index contributed by atoms with van der Waals surface area (Å²) in [6.07, 6.45) is -2.81. The summed E-state index contributed by atoms with van der Waals surface area (Å²) >= 11 is 6.03. The molecule has 0 spiro atoms. The van der Waals surface area contributed by atoms with Crippen LogP contribution in [0.1, 0.15) is 34.8 Å². The van der Waals surface area contributed by atoms with E-state index < -0.39 is 34.0 Å². The number of nitrogens with zero attached hydrogens (tertiary/aromatic N) is 2. The Morgan fingerprint density at radius 3 is 2.45 bits per heavy atom. The van der Waals surface area contributed by atoms with Crippen molar-refractivity contribution in [1.82, 2.24) is 5.43 Å². The molecule has 0 fully saturated rings. The number of ether oxygens (including phenoxy) is 3. The molecule has 0 aliphatic rings. The zero-order valence-electron chi connectivity index (χ0n) is 20.0. The molecule has 1 amide bonds. The first-order valence-corrected chi connectivity index (χ1v) is 11.4. The Balaban J connectivity index is 1.82. The molecule has 0 atom stereocenters. The summed E-state index contributed by atoms with van der Waals surface area (Å²) in [6, 6.07) is 10.6. The van der Waals surface area contributed by atoms with Gasteiger partial charge in [0.2, 0.25) is 5.75 Å². The predicted molar refractivity (Wildman–Crippen MR) is 133 cm³/mol. The number of methoxy groups -OCH3 is 1. The highest BCUT2D eigenvalue weighted by molar-refractivity contribution is 6.30. The molecule has 1 N–H and O–H groups in total. The topological polar surface area (TPSA) is 112 Å². The van der Waals surface area contributed by atoms with Crippen LogP contribution in [0.15, 0.2) is 59.7 Å². The molecule has 0 radical (unpaired) electrons. The lowest BCUT2D eigenvalue weighted by molar-refractivity contribution is -0.385. The Hall–Kier alpha value is -4.32. The number of benzene rings is 3. The number of carbonyl (C=O) groups is 1. The molecule has 0 unspecified atom stereocenters. The van der Waals surface area contributed by atoms with E-state index in [0.29, 0.717) is 30.2 Å². The van der Waals surface area contributed by atoms with Crippen LogP contribution in [0.2, 0.25) is 5.02 Å². The van der Waals surface area contributed by atoms with Crippen molar-refractivity contribution >= 4 is 29.4 Å². The zero-order chi connectivity index (χ0) is 27.9. The van der Waals surface area contributed by atoms with Gasteiger partial charge in [0, 0.05) is 22.2 Å². The van der Waals surface area contributed by atoms with Crippen molar-refractivity contribution < 1.29 is 37.1 Å². The van der Waals surface area contributed by atoms with Gasteiger partial charge < -0.3 is 14.2 Å². The van der Waals surface area contributed by atoms with Gasteiger partial charge in [0.1, 0.15) is 5.75 Å². The first-order valence-electron chi connectivity index (χ1n) is 11.0. The third-order valence-corrected chi connectivity index (χ3v) is 5.17. The van der Waals surface area contributed by atoms with Gasteiger partial charge in [-0.05, 0) is 55.0 Å². The fourth-order valence-corrected chi connectivity index (χ4v) is 3.30. The Morgan fingerprint density at radius 1 is 1.08 bits per heavy atom. The van der Waals surface area contributed by atoms with Crippen LogP contribution in [-0.2, 0) is 6.18 Å². The second-order valence-electron chi connectivity index (χ2n) is 7.63. The molecule has 0 saturated carbocycles. The van der Waals surface area contributed by atoms with E-state index in [1.54, 1.807) is 6.07 Å². The minimum atomic E-state index is -4.77. The van der Waals surface area contributed by atoms with Crippen molar-refractivity contribution in [2.75, 3.05) is 13.7 Å². The number of hydrogen-bond acceptors (Lipinski definition) is 7. The SMILES string of the molecule is CCCOc1ccc(C(=O)N/N=C/c2cc(Cl)ccc2Oc2ccc(C(F)(F)F)cc2[N+](=O)[O-])cc1OC. The summed E-state index contributed by atoms with van der Waals surface area (Å²) in [7, 11) is 1.44. The van der Waals surface area contributed by atoms with Crippen LogP contribution >= 0.6 is 11.6 Å². The molecule has 38 heavy (non-hydrogen) atoms. The Morgan fingerprint density at radius 2 is 1.79 bits per heavy atom. The molecule has 0 heterocycles. The van der Waals surface area contributed by atoms with Crippen LogP contribution in [0.4, 0.5) is 18.9 Å². The normalized spacial score (nSPS) is 11.3. The third-order valence-electron chi connectivity index (χ3n) is 4.93. The maximum absolute atomic E-state index is 13.0. The summed E-state index contributed by atoms with van der Waals surface area (Å²) in [5.74, 6) is -0.175. The van der Waals surface area contributed by atoms with E-state index in [1.807, 2.05) is 6.92 Å². The number of amides is 1. The van der Waals surface area contributed by atoms with E-state index in [2.05, 4.69) is 10.5 Å². The number of nitrogens with one attached hydrogen (secondary N) is 1. The van der Waals surface area contributed by atoms with Crippen molar-refractivity contribution in [3.8, 4) is 23.0 Å². The maximum atomic E-state index is 13.0. The first kappa shape index (κ1) is 28.3. The maximum Gasteiger partial charge on any atom is 0.416 e. The van der Waals surface area contributed by atoms with Gasteiger partial charge in [0.15, 0.2) is 11.5 Å². The van der Waals surface area contributed by atoms with Crippen molar-refractivity contribution in [2.45, 2.75) is 19.5 Å². The molecule has 3 aromatic carbocycles. The van der Waals surface area contributed by atoms with Gasteiger partial charge in [-0.2, -0.15) is 18.3 Å². The van der Waals surface area contributed by atoms with Gasteiger partial charge in [-0.25, -0.2) is 5.43 Å². The predicted octanol–water partition coefficient (Wildman–Crippen LogP) is 6.62. The second-order valence-corrected chi connectivity index (χ2v) is 8.07. The van der Waals surface area contributed by atoms with E-state index in [-0.39, 0.29) is 21.9 Å². The van der Waals surface area contributed by atoms with Crippen LogP contribution in [0, 0.1) is 10.1 Å². The number of halogens is 4. The second kappa shape index (κ2) is 12.3.